The molecule has 0 aromatic carbocycles. The van der Waals surface area contributed by atoms with E-state index in [1.165, 1.54) is 0 Å². The van der Waals surface area contributed by atoms with Crippen LogP contribution in [0.15, 0.2) is 0 Å². The molecule has 11 nitrogen and oxygen atoms in total. The van der Waals surface area contributed by atoms with Crippen LogP contribution < -0.4 is 52.2 Å². The van der Waals surface area contributed by atoms with Gasteiger partial charge in [-0.15, -0.1) is 0 Å². The molecule has 0 aliphatic rings. The van der Waals surface area contributed by atoms with Crippen LogP contribution in [0.2, 0.25) is 0 Å². The van der Waals surface area contributed by atoms with Crippen molar-refractivity contribution in [2.45, 2.75) is 18.4 Å². The predicted molar refractivity (Wildman–Crippen MR) is 51.8 cm³/mol. The summed E-state index contributed by atoms with van der Waals surface area (Å²) in [6.45, 7) is 0. The molecular weight excluding hydrogens is 363 g/mol. The van der Waals surface area contributed by atoms with Crippen LogP contribution in [0.25, 0.3) is 0 Å². The van der Waals surface area contributed by atoms with Crippen LogP contribution in [-0.2, 0) is 24.8 Å². The first kappa shape index (κ1) is 33.0. The Morgan fingerprint density at radius 3 is 1.48 bits per heavy atom. The number of hydrogen-bond acceptors (Lipinski definition) is 8. The normalized spacial score (nSPS) is 11.8. The molecule has 1 atom stereocenters. The van der Waals surface area contributed by atoms with Gasteiger partial charge in [-0.25, -0.2) is 0 Å². The molecule has 0 saturated heterocycles. The van der Waals surface area contributed by atoms with Crippen molar-refractivity contribution in [2.24, 2.45) is 0 Å². The average molecular weight is 371 g/mol. The monoisotopic (exact) mass is 370 g/mol. The molecule has 1 unspecified atom stereocenters. The van der Waals surface area contributed by atoms with E-state index in [4.69, 9.17) is 27.7 Å². The number of hydrogen-bond donors (Lipinski definition) is 4. The van der Waals surface area contributed by atoms with Crippen molar-refractivity contribution in [1.82, 2.24) is 0 Å². The molecule has 0 spiro atoms. The summed E-state index contributed by atoms with van der Waals surface area (Å²) in [7, 11) is -4.67. The zero-order valence-corrected chi connectivity index (χ0v) is 15.5. The van der Waals surface area contributed by atoms with Crippen molar-refractivity contribution in [3.05, 3.63) is 0 Å². The maximum absolute atomic E-state index is 10.2. The Labute approximate surface area is 163 Å². The number of aliphatic carboxylic acids is 3. The number of carboxylic acid groups (broad SMARTS) is 3. The fourth-order valence-electron chi connectivity index (χ4n) is 0.696. The van der Waals surface area contributed by atoms with Gasteiger partial charge in [0, 0.05) is 12.4 Å². The van der Waals surface area contributed by atoms with E-state index in [2.05, 4.69) is 0 Å². The summed E-state index contributed by atoms with van der Waals surface area (Å²) in [6.07, 6.45) is -2.56. The van der Waals surface area contributed by atoms with E-state index in [1.807, 2.05) is 0 Å². The van der Waals surface area contributed by atoms with E-state index in [9.17, 15) is 24.6 Å². The second kappa shape index (κ2) is 13.9. The molecule has 0 aromatic rings. The van der Waals surface area contributed by atoms with Crippen molar-refractivity contribution < 1.29 is 94.3 Å². The summed E-state index contributed by atoms with van der Waals surface area (Å²) < 4.78 is 31.6. The van der Waals surface area contributed by atoms with Gasteiger partial charge in [-0.3, -0.25) is 13.9 Å². The van der Waals surface area contributed by atoms with Crippen LogP contribution >= 0.6 is 0 Å². The summed E-state index contributed by atoms with van der Waals surface area (Å²) in [5.41, 5.74) is -2.91. The molecule has 0 fully saturated rings. The van der Waals surface area contributed by atoms with Crippen molar-refractivity contribution in [3.8, 4) is 0 Å². The molecule has 0 aliphatic carbocycles. The van der Waals surface area contributed by atoms with E-state index in [1.54, 1.807) is 0 Å². The van der Waals surface area contributed by atoms with E-state index >= 15 is 0 Å². The quantitative estimate of drug-likeness (QED) is 0.263. The Bertz CT molecular complexity index is 414. The molecule has 0 saturated carbocycles. The minimum Gasteiger partial charge on any atom is -1.00 e. The van der Waals surface area contributed by atoms with Gasteiger partial charge in [0.1, 0.15) is 5.60 Å². The van der Waals surface area contributed by atoms with Crippen molar-refractivity contribution >= 4 is 51.4 Å². The van der Waals surface area contributed by atoms with Gasteiger partial charge in [-0.2, -0.15) is 8.42 Å². The van der Waals surface area contributed by atoms with Crippen LogP contribution in [-0.4, -0.2) is 74.3 Å². The minimum atomic E-state index is -4.67. The van der Waals surface area contributed by atoms with Crippen molar-refractivity contribution in [1.29, 1.82) is 0 Å². The van der Waals surface area contributed by atoms with E-state index in [0.29, 0.717) is 0 Å². The molecule has 21 heavy (non-hydrogen) atoms. The topological polar surface area (TPSA) is 212 Å². The molecule has 15 heteroatoms. The van der Waals surface area contributed by atoms with Crippen molar-refractivity contribution in [3.63, 3.8) is 0 Å². The van der Waals surface area contributed by atoms with Gasteiger partial charge < -0.3 is 42.4 Å². The molecule has 0 amide bonds. The van der Waals surface area contributed by atoms with Gasteiger partial charge in [0.25, 0.3) is 0 Å². The summed E-state index contributed by atoms with van der Waals surface area (Å²) in [6, 6.07) is 0. The van der Waals surface area contributed by atoms with Crippen LogP contribution in [0, 0.1) is 0 Å². The first-order chi connectivity index (χ1) is 7.78. The van der Waals surface area contributed by atoms with E-state index < -0.39 is 46.7 Å². The number of carbonyl (C=O) groups excluding carboxylic acids is 2. The average Bonchev–Trinajstić information content (AvgIpc) is 1.95. The van der Waals surface area contributed by atoms with Gasteiger partial charge >= 0.3 is 69.0 Å². The maximum Gasteiger partial charge on any atom is 2.00 e. The zero-order valence-electron chi connectivity index (χ0n) is 10.6. The molecule has 0 rings (SSSR count). The Morgan fingerprint density at radius 2 is 1.33 bits per heavy atom. The van der Waals surface area contributed by atoms with Crippen LogP contribution in [0.5, 0.6) is 0 Å². The third-order valence-electron chi connectivity index (χ3n) is 1.26. The molecule has 114 valence electrons. The Morgan fingerprint density at radius 1 is 1.05 bits per heavy atom. The Hall–Kier alpha value is 0.296. The Kier molecular flexibility index (Phi) is 21.9. The fraction of sp³-hybridized carbons (Fsp3) is 0.500. The van der Waals surface area contributed by atoms with E-state index in [0.717, 1.165) is 0 Å². The van der Waals surface area contributed by atoms with Gasteiger partial charge in [0.15, 0.2) is 0 Å². The zero-order chi connectivity index (χ0) is 15.1. The predicted octanol–water partition coefficient (Wildman–Crippen LogP) is -10.9. The summed E-state index contributed by atoms with van der Waals surface area (Å²) in [5, 5.41) is 37.2. The fourth-order valence-corrected chi connectivity index (χ4v) is 0.696. The third kappa shape index (κ3) is 25.6. The number of halogens is 1. The standard InChI is InChI=1S/C6H8O7.ClH.Mg.Na.H2O4S/c7-3(8)1-6(13,5(11)12)2-4(9)10;;;;1-5(2,3)4/h13H,1-2H2,(H,7,8)(H,9,10)(H,11,12);1H;;;(H2,1,2,3,4)/q;;+2;+1;/p-3. The summed E-state index contributed by atoms with van der Waals surface area (Å²) in [4.78, 5) is 30.2. The number of aliphatic hydroxyl groups is 1. The van der Waals surface area contributed by atoms with Gasteiger partial charge in [0.05, 0.1) is 12.4 Å². The smallest absolute Gasteiger partial charge is 1.00 e. The van der Waals surface area contributed by atoms with Crippen LogP contribution in [0.4, 0.5) is 0 Å². The van der Waals surface area contributed by atoms with E-state index in [-0.39, 0.29) is 65.0 Å². The third-order valence-corrected chi connectivity index (χ3v) is 1.26. The minimum absolute atomic E-state index is 0. The molecule has 0 heterocycles. The van der Waals surface area contributed by atoms with Crippen LogP contribution in [0.1, 0.15) is 12.8 Å². The number of rotatable bonds is 5. The summed E-state index contributed by atoms with van der Waals surface area (Å²) in [5.74, 6) is -5.67. The van der Waals surface area contributed by atoms with Crippen molar-refractivity contribution in [2.75, 3.05) is 0 Å². The molecule has 0 radical (unpaired) electrons. The number of carboxylic acids is 3. The van der Waals surface area contributed by atoms with Gasteiger partial charge in [-0.05, 0) is 0 Å². The van der Waals surface area contributed by atoms with Gasteiger partial charge in [0.2, 0.25) is 0 Å². The molecular formula is C6H8ClMgNaO11S. The largest absolute Gasteiger partial charge is 2.00 e. The second-order valence-corrected chi connectivity index (χ2v) is 3.78. The molecule has 0 bridgehead atoms. The first-order valence-electron chi connectivity index (χ1n) is 3.83. The molecule has 4 N–H and O–H groups in total. The number of carbonyl (C=O) groups is 3. The SMILES string of the molecule is O=C([O-])CC(O)(CC(=O)O)C(=O)[O-].O=S(=O)(O)O.[Cl-].[Mg+2].[Na+]. The molecule has 0 aromatic heterocycles. The second-order valence-electron chi connectivity index (χ2n) is 2.89. The van der Waals surface area contributed by atoms with Crippen LogP contribution in [0.3, 0.4) is 0 Å². The maximum atomic E-state index is 10.2. The first-order valence-corrected chi connectivity index (χ1v) is 5.23. The summed E-state index contributed by atoms with van der Waals surface area (Å²) >= 11 is 0. The Balaban J connectivity index is -0.0000000933. The molecule has 0 aliphatic heterocycles. The van der Waals surface area contributed by atoms with Gasteiger partial charge in [-0.1, -0.05) is 0 Å².